The van der Waals surface area contributed by atoms with E-state index in [0.717, 1.165) is 50.0 Å². The van der Waals surface area contributed by atoms with Crippen LogP contribution in [0.15, 0.2) is 0 Å². The molecule has 0 saturated carbocycles. The molecule has 0 radical (unpaired) electrons. The van der Waals surface area contributed by atoms with Crippen LogP contribution in [0.3, 0.4) is 0 Å². The molecular weight excluding hydrogens is 270 g/mol. The lowest BCUT2D eigenvalue weighted by Gasteiger charge is -2.24. The lowest BCUT2D eigenvalue weighted by atomic mass is 10.1. The Balaban J connectivity index is 2.38. The summed E-state index contributed by atoms with van der Waals surface area (Å²) in [5.41, 5.74) is 2.53. The van der Waals surface area contributed by atoms with Gasteiger partial charge < -0.3 is 15.1 Å². The van der Waals surface area contributed by atoms with Gasteiger partial charge in [0.25, 0.3) is 0 Å². The molecule has 20 heavy (non-hydrogen) atoms. The Kier molecular flexibility index (Phi) is 5.48. The summed E-state index contributed by atoms with van der Waals surface area (Å²) in [5, 5.41) is 3.45. The standard InChI is InChI=1S/C14H25N5S/c1-18(2)14-16-12-6-8-15-7-5-11(12)13(17-14)19(3)9-10-20-4/h15H,5-10H2,1-4H3. The average molecular weight is 295 g/mol. The van der Waals surface area contributed by atoms with Gasteiger partial charge in [-0.25, -0.2) is 4.98 Å². The molecule has 0 unspecified atom stereocenters. The summed E-state index contributed by atoms with van der Waals surface area (Å²) < 4.78 is 0. The van der Waals surface area contributed by atoms with Crippen LogP contribution in [0.4, 0.5) is 11.8 Å². The molecule has 112 valence electrons. The first-order valence-corrected chi connectivity index (χ1v) is 8.50. The number of nitrogens with one attached hydrogen (secondary N) is 1. The summed E-state index contributed by atoms with van der Waals surface area (Å²) in [5.74, 6) is 3.04. The van der Waals surface area contributed by atoms with E-state index in [4.69, 9.17) is 9.97 Å². The Morgan fingerprint density at radius 2 is 1.90 bits per heavy atom. The summed E-state index contributed by atoms with van der Waals surface area (Å²) in [7, 11) is 6.14. The van der Waals surface area contributed by atoms with Crippen molar-refractivity contribution in [2.24, 2.45) is 0 Å². The maximum absolute atomic E-state index is 4.78. The highest BCUT2D eigenvalue weighted by atomic mass is 32.2. The van der Waals surface area contributed by atoms with Gasteiger partial charge in [-0.3, -0.25) is 0 Å². The summed E-state index contributed by atoms with van der Waals surface area (Å²) in [6, 6.07) is 0. The van der Waals surface area contributed by atoms with E-state index in [1.54, 1.807) is 0 Å². The zero-order chi connectivity index (χ0) is 14.5. The predicted octanol–water partition coefficient (Wildman–Crippen LogP) is 1.03. The smallest absolute Gasteiger partial charge is 0.227 e. The van der Waals surface area contributed by atoms with E-state index < -0.39 is 0 Å². The predicted molar refractivity (Wildman–Crippen MR) is 88.3 cm³/mol. The number of fused-ring (bicyclic) bond motifs is 1. The molecule has 2 rings (SSSR count). The number of rotatable bonds is 5. The molecule has 1 N–H and O–H groups in total. The van der Waals surface area contributed by atoms with Crippen LogP contribution >= 0.6 is 11.8 Å². The van der Waals surface area contributed by atoms with E-state index >= 15 is 0 Å². The molecule has 0 atom stereocenters. The van der Waals surface area contributed by atoms with Crippen molar-refractivity contribution in [2.75, 3.05) is 62.6 Å². The molecule has 2 heterocycles. The molecule has 1 aliphatic heterocycles. The van der Waals surface area contributed by atoms with Gasteiger partial charge in [0.1, 0.15) is 5.82 Å². The fourth-order valence-electron chi connectivity index (χ4n) is 2.36. The number of aromatic nitrogens is 2. The summed E-state index contributed by atoms with van der Waals surface area (Å²) in [6.45, 7) is 3.04. The molecule has 1 aliphatic rings. The maximum atomic E-state index is 4.78. The number of anilines is 2. The third kappa shape index (κ3) is 3.55. The molecule has 0 saturated heterocycles. The van der Waals surface area contributed by atoms with E-state index in [0.29, 0.717) is 0 Å². The third-order valence-corrected chi connectivity index (χ3v) is 4.13. The van der Waals surface area contributed by atoms with Gasteiger partial charge in [-0.15, -0.1) is 0 Å². The molecule has 1 aromatic rings. The van der Waals surface area contributed by atoms with Crippen LogP contribution in [-0.2, 0) is 12.8 Å². The van der Waals surface area contributed by atoms with Crippen LogP contribution in [0.5, 0.6) is 0 Å². The van der Waals surface area contributed by atoms with Gasteiger partial charge in [0.05, 0.1) is 5.69 Å². The average Bonchev–Trinajstić information content (AvgIpc) is 2.68. The molecule has 1 aromatic heterocycles. The topological polar surface area (TPSA) is 44.3 Å². The first-order valence-electron chi connectivity index (χ1n) is 7.11. The maximum Gasteiger partial charge on any atom is 0.227 e. The monoisotopic (exact) mass is 295 g/mol. The molecule has 0 bridgehead atoms. The minimum Gasteiger partial charge on any atom is -0.358 e. The summed E-state index contributed by atoms with van der Waals surface area (Å²) in [4.78, 5) is 13.8. The second kappa shape index (κ2) is 7.13. The Morgan fingerprint density at radius 1 is 1.15 bits per heavy atom. The third-order valence-electron chi connectivity index (χ3n) is 3.54. The second-order valence-electron chi connectivity index (χ2n) is 5.33. The minimum atomic E-state index is 0.816. The van der Waals surface area contributed by atoms with Gasteiger partial charge in [-0.05, 0) is 19.2 Å². The Morgan fingerprint density at radius 3 is 2.60 bits per heavy atom. The quantitative estimate of drug-likeness (QED) is 0.875. The number of nitrogens with zero attached hydrogens (tertiary/aromatic N) is 4. The highest BCUT2D eigenvalue weighted by Gasteiger charge is 2.19. The van der Waals surface area contributed by atoms with Crippen molar-refractivity contribution in [1.82, 2.24) is 15.3 Å². The molecule has 0 aliphatic carbocycles. The minimum absolute atomic E-state index is 0.816. The molecule has 0 fully saturated rings. The van der Waals surface area contributed by atoms with E-state index in [1.807, 2.05) is 30.8 Å². The van der Waals surface area contributed by atoms with E-state index in [2.05, 4.69) is 23.5 Å². The van der Waals surface area contributed by atoms with Crippen LogP contribution in [0, 0.1) is 0 Å². The number of hydrogen-bond donors (Lipinski definition) is 1. The lowest BCUT2D eigenvalue weighted by molar-refractivity contribution is 0.708. The fraction of sp³-hybridized carbons (Fsp3) is 0.714. The van der Waals surface area contributed by atoms with Gasteiger partial charge in [-0.2, -0.15) is 16.7 Å². The van der Waals surface area contributed by atoms with Crippen LogP contribution < -0.4 is 15.1 Å². The fourth-order valence-corrected chi connectivity index (χ4v) is 2.82. The normalized spacial score (nSPS) is 14.6. The molecular formula is C14H25N5S. The van der Waals surface area contributed by atoms with E-state index in [9.17, 15) is 0 Å². The summed E-state index contributed by atoms with van der Waals surface area (Å²) in [6.07, 6.45) is 4.15. The SMILES string of the molecule is CSCCN(C)c1nc(N(C)C)nc2c1CCNCC2. The van der Waals surface area contributed by atoms with Crippen molar-refractivity contribution in [2.45, 2.75) is 12.8 Å². The van der Waals surface area contributed by atoms with Crippen LogP contribution in [0.2, 0.25) is 0 Å². The zero-order valence-electron chi connectivity index (χ0n) is 12.9. The highest BCUT2D eigenvalue weighted by Crippen LogP contribution is 2.25. The second-order valence-corrected chi connectivity index (χ2v) is 6.32. The lowest BCUT2D eigenvalue weighted by Crippen LogP contribution is -2.26. The molecule has 0 spiro atoms. The van der Waals surface area contributed by atoms with Gasteiger partial charge >= 0.3 is 0 Å². The van der Waals surface area contributed by atoms with Crippen LogP contribution in [0.25, 0.3) is 0 Å². The molecule has 0 aromatic carbocycles. The van der Waals surface area contributed by atoms with Gasteiger partial charge in [-0.1, -0.05) is 0 Å². The Labute approximate surface area is 126 Å². The van der Waals surface area contributed by atoms with Crippen molar-refractivity contribution >= 4 is 23.5 Å². The van der Waals surface area contributed by atoms with Crippen molar-refractivity contribution in [1.29, 1.82) is 0 Å². The Hall–Kier alpha value is -1.01. The van der Waals surface area contributed by atoms with Gasteiger partial charge in [0.15, 0.2) is 0 Å². The van der Waals surface area contributed by atoms with Crippen molar-refractivity contribution in [3.63, 3.8) is 0 Å². The summed E-state index contributed by atoms with van der Waals surface area (Å²) >= 11 is 1.87. The van der Waals surface area contributed by atoms with E-state index in [-0.39, 0.29) is 0 Å². The van der Waals surface area contributed by atoms with Crippen molar-refractivity contribution < 1.29 is 0 Å². The van der Waals surface area contributed by atoms with E-state index in [1.165, 1.54) is 11.3 Å². The van der Waals surface area contributed by atoms with Crippen molar-refractivity contribution in [3.8, 4) is 0 Å². The van der Waals surface area contributed by atoms with Gasteiger partial charge in [0.2, 0.25) is 5.95 Å². The van der Waals surface area contributed by atoms with Gasteiger partial charge in [0, 0.05) is 52.0 Å². The molecule has 6 heteroatoms. The molecule has 0 amide bonds. The number of hydrogen-bond acceptors (Lipinski definition) is 6. The first-order chi connectivity index (χ1) is 9.63. The number of thioether (sulfide) groups is 1. The zero-order valence-corrected chi connectivity index (χ0v) is 13.8. The molecule has 5 nitrogen and oxygen atoms in total. The largest absolute Gasteiger partial charge is 0.358 e. The van der Waals surface area contributed by atoms with Crippen LogP contribution in [-0.4, -0.2) is 62.8 Å². The van der Waals surface area contributed by atoms with Crippen LogP contribution in [0.1, 0.15) is 11.3 Å². The Bertz CT molecular complexity index is 449. The first kappa shape index (κ1) is 15.4. The highest BCUT2D eigenvalue weighted by molar-refractivity contribution is 7.98. The van der Waals surface area contributed by atoms with Crippen molar-refractivity contribution in [3.05, 3.63) is 11.3 Å².